The molecule has 2 atom stereocenters. The van der Waals surface area contributed by atoms with Crippen molar-refractivity contribution in [1.82, 2.24) is 5.32 Å². The highest BCUT2D eigenvalue weighted by molar-refractivity contribution is 8.01. The summed E-state index contributed by atoms with van der Waals surface area (Å²) in [6, 6.07) is 23.2. The molecule has 31 heavy (non-hydrogen) atoms. The minimum absolute atomic E-state index is 0.118. The van der Waals surface area contributed by atoms with Gasteiger partial charge in [-0.05, 0) is 49.2 Å². The predicted molar refractivity (Wildman–Crippen MR) is 125 cm³/mol. The summed E-state index contributed by atoms with van der Waals surface area (Å²) in [6.45, 7) is 3.80. The van der Waals surface area contributed by atoms with Gasteiger partial charge >= 0.3 is 0 Å². The Kier molecular flexibility index (Phi) is 7.84. The van der Waals surface area contributed by atoms with E-state index < -0.39 is 5.25 Å². The van der Waals surface area contributed by atoms with Gasteiger partial charge in [0.15, 0.2) is 0 Å². The van der Waals surface area contributed by atoms with E-state index in [4.69, 9.17) is 0 Å². The maximum absolute atomic E-state index is 13.0. The molecule has 0 bridgehead atoms. The monoisotopic (exact) mass is 436 g/mol. The quantitative estimate of drug-likeness (QED) is 0.517. The van der Waals surface area contributed by atoms with Crippen molar-refractivity contribution in [3.8, 4) is 0 Å². The zero-order chi connectivity index (χ0) is 22.2. The third kappa shape index (κ3) is 6.69. The van der Waals surface area contributed by atoms with E-state index in [0.29, 0.717) is 5.69 Å². The first-order chi connectivity index (χ1) is 14.9. The Morgan fingerprint density at radius 1 is 0.903 bits per heavy atom. The zero-order valence-corrected chi connectivity index (χ0v) is 18.3. The number of carbonyl (C=O) groups is 2. The molecule has 4 nitrogen and oxygen atoms in total. The number of aryl methyl sites for hydroxylation is 1. The van der Waals surface area contributed by atoms with Gasteiger partial charge in [-0.25, -0.2) is 4.39 Å². The standard InChI is InChI=1S/C25H25FN2O2S/c1-17-8-10-20(11-9-17)24(19-6-4-3-5-7-19)28-25(30)18(2)31-16-23(29)27-22-14-12-21(26)13-15-22/h3-15,18,24H,16H2,1-2H3,(H,27,29)(H,28,30). The largest absolute Gasteiger partial charge is 0.344 e. The van der Waals surface area contributed by atoms with Crippen LogP contribution in [0.5, 0.6) is 0 Å². The van der Waals surface area contributed by atoms with Crippen LogP contribution in [0.2, 0.25) is 0 Å². The Morgan fingerprint density at radius 2 is 1.52 bits per heavy atom. The van der Waals surface area contributed by atoms with Gasteiger partial charge in [-0.3, -0.25) is 9.59 Å². The second kappa shape index (κ2) is 10.8. The number of halogens is 1. The third-order valence-electron chi connectivity index (χ3n) is 4.79. The molecule has 0 aliphatic rings. The van der Waals surface area contributed by atoms with Crippen LogP contribution in [0.15, 0.2) is 78.9 Å². The van der Waals surface area contributed by atoms with Gasteiger partial charge in [0.05, 0.1) is 17.0 Å². The molecule has 0 aliphatic carbocycles. The van der Waals surface area contributed by atoms with Crippen LogP contribution in [0.3, 0.4) is 0 Å². The summed E-state index contributed by atoms with van der Waals surface area (Å²) < 4.78 is 13.0. The minimum Gasteiger partial charge on any atom is -0.344 e. The van der Waals surface area contributed by atoms with Crippen molar-refractivity contribution in [1.29, 1.82) is 0 Å². The molecule has 2 amide bonds. The third-order valence-corrected chi connectivity index (χ3v) is 5.93. The second-order valence-corrected chi connectivity index (χ2v) is 8.60. The average Bonchev–Trinajstić information content (AvgIpc) is 2.78. The molecule has 0 aromatic heterocycles. The lowest BCUT2D eigenvalue weighted by molar-refractivity contribution is -0.120. The van der Waals surface area contributed by atoms with Crippen LogP contribution in [0.4, 0.5) is 10.1 Å². The fourth-order valence-electron chi connectivity index (χ4n) is 3.03. The number of benzene rings is 3. The number of anilines is 1. The highest BCUT2D eigenvalue weighted by atomic mass is 32.2. The van der Waals surface area contributed by atoms with Gasteiger partial charge in [0.2, 0.25) is 11.8 Å². The lowest BCUT2D eigenvalue weighted by Gasteiger charge is -2.22. The fourth-order valence-corrected chi connectivity index (χ4v) is 3.72. The number of amides is 2. The van der Waals surface area contributed by atoms with Gasteiger partial charge in [0.25, 0.3) is 0 Å². The van der Waals surface area contributed by atoms with E-state index in [-0.39, 0.29) is 29.4 Å². The summed E-state index contributed by atoms with van der Waals surface area (Å²) in [7, 11) is 0. The average molecular weight is 437 g/mol. The van der Waals surface area contributed by atoms with E-state index in [1.54, 1.807) is 6.92 Å². The Hall–Kier alpha value is -3.12. The zero-order valence-electron chi connectivity index (χ0n) is 17.5. The number of carbonyl (C=O) groups excluding carboxylic acids is 2. The molecule has 3 aromatic carbocycles. The van der Waals surface area contributed by atoms with E-state index in [9.17, 15) is 14.0 Å². The van der Waals surface area contributed by atoms with Crippen molar-refractivity contribution in [2.24, 2.45) is 0 Å². The van der Waals surface area contributed by atoms with Crippen molar-refractivity contribution < 1.29 is 14.0 Å². The first-order valence-corrected chi connectivity index (χ1v) is 11.1. The molecule has 3 aromatic rings. The SMILES string of the molecule is Cc1ccc(C(NC(=O)C(C)SCC(=O)Nc2ccc(F)cc2)c2ccccc2)cc1. The molecule has 0 heterocycles. The topological polar surface area (TPSA) is 58.2 Å². The van der Waals surface area contributed by atoms with E-state index in [2.05, 4.69) is 10.6 Å². The van der Waals surface area contributed by atoms with Crippen LogP contribution in [0, 0.1) is 12.7 Å². The smallest absolute Gasteiger partial charge is 0.234 e. The van der Waals surface area contributed by atoms with Crippen LogP contribution in [-0.2, 0) is 9.59 Å². The van der Waals surface area contributed by atoms with Crippen molar-refractivity contribution in [2.45, 2.75) is 25.1 Å². The molecule has 0 aliphatic heterocycles. The maximum atomic E-state index is 13.0. The molecule has 2 N–H and O–H groups in total. The second-order valence-electron chi connectivity index (χ2n) is 7.27. The summed E-state index contributed by atoms with van der Waals surface area (Å²) in [5.41, 5.74) is 3.66. The Balaban J connectivity index is 1.60. The number of nitrogens with one attached hydrogen (secondary N) is 2. The molecule has 0 saturated heterocycles. The number of thioether (sulfide) groups is 1. The van der Waals surface area contributed by atoms with Crippen molar-refractivity contribution >= 4 is 29.3 Å². The fraction of sp³-hybridized carbons (Fsp3) is 0.200. The van der Waals surface area contributed by atoms with Gasteiger partial charge in [-0.1, -0.05) is 60.2 Å². The van der Waals surface area contributed by atoms with Crippen molar-refractivity contribution in [3.63, 3.8) is 0 Å². The maximum Gasteiger partial charge on any atom is 0.234 e. The van der Waals surface area contributed by atoms with Crippen LogP contribution >= 0.6 is 11.8 Å². The molecule has 0 fully saturated rings. The normalized spacial score (nSPS) is 12.6. The predicted octanol–water partition coefficient (Wildman–Crippen LogP) is 5.10. The van der Waals surface area contributed by atoms with E-state index in [1.165, 1.54) is 36.0 Å². The summed E-state index contributed by atoms with van der Waals surface area (Å²) in [6.07, 6.45) is 0. The molecule has 3 rings (SSSR count). The number of hydrogen-bond acceptors (Lipinski definition) is 3. The van der Waals surface area contributed by atoms with E-state index >= 15 is 0 Å². The number of rotatable bonds is 8. The Labute approximate surface area is 186 Å². The van der Waals surface area contributed by atoms with E-state index in [0.717, 1.165) is 16.7 Å². The highest BCUT2D eigenvalue weighted by Crippen LogP contribution is 2.24. The van der Waals surface area contributed by atoms with Gasteiger partial charge < -0.3 is 10.6 Å². The summed E-state index contributed by atoms with van der Waals surface area (Å²) in [5.74, 6) is -0.630. The van der Waals surface area contributed by atoms with Crippen LogP contribution in [0.25, 0.3) is 0 Å². The van der Waals surface area contributed by atoms with Crippen LogP contribution in [-0.4, -0.2) is 22.8 Å². The van der Waals surface area contributed by atoms with Crippen LogP contribution in [0.1, 0.15) is 29.7 Å². The molecule has 2 unspecified atom stereocenters. The molecule has 6 heteroatoms. The summed E-state index contributed by atoms with van der Waals surface area (Å²) in [5, 5.41) is 5.40. The lowest BCUT2D eigenvalue weighted by atomic mass is 9.97. The van der Waals surface area contributed by atoms with Crippen molar-refractivity contribution in [2.75, 3.05) is 11.1 Å². The molecule has 160 valence electrons. The minimum atomic E-state index is -0.421. The lowest BCUT2D eigenvalue weighted by Crippen LogP contribution is -2.35. The van der Waals surface area contributed by atoms with Gasteiger partial charge in [0.1, 0.15) is 5.82 Å². The molecule has 0 radical (unpaired) electrons. The highest BCUT2D eigenvalue weighted by Gasteiger charge is 2.21. The van der Waals surface area contributed by atoms with Crippen molar-refractivity contribution in [3.05, 3.63) is 101 Å². The first-order valence-electron chi connectivity index (χ1n) is 10.0. The number of hydrogen-bond donors (Lipinski definition) is 2. The van der Waals surface area contributed by atoms with E-state index in [1.807, 2.05) is 61.5 Å². The van der Waals surface area contributed by atoms with Gasteiger partial charge in [-0.2, -0.15) is 0 Å². The molecule has 0 spiro atoms. The Bertz CT molecular complexity index is 1010. The molecular weight excluding hydrogens is 411 g/mol. The molecular formula is C25H25FN2O2S. The van der Waals surface area contributed by atoms with Gasteiger partial charge in [0, 0.05) is 5.69 Å². The molecule has 0 saturated carbocycles. The van der Waals surface area contributed by atoms with Crippen LogP contribution < -0.4 is 10.6 Å². The Morgan fingerprint density at radius 3 is 2.16 bits per heavy atom. The first kappa shape index (κ1) is 22.6. The summed E-state index contributed by atoms with van der Waals surface area (Å²) >= 11 is 1.25. The summed E-state index contributed by atoms with van der Waals surface area (Å²) in [4.78, 5) is 25.0. The van der Waals surface area contributed by atoms with Gasteiger partial charge in [-0.15, -0.1) is 11.8 Å².